The summed E-state index contributed by atoms with van der Waals surface area (Å²) >= 11 is 0. The Balaban J connectivity index is 1.42. The van der Waals surface area contributed by atoms with Gasteiger partial charge in [-0.1, -0.05) is 12.1 Å². The van der Waals surface area contributed by atoms with E-state index in [1.807, 2.05) is 12.3 Å². The normalized spacial score (nSPS) is 15.0. The quantitative estimate of drug-likeness (QED) is 0.464. The molecule has 35 heavy (non-hydrogen) atoms. The lowest BCUT2D eigenvalue weighted by atomic mass is 9.90. The maximum atomic E-state index is 13.5. The molecule has 2 aliphatic heterocycles. The summed E-state index contributed by atoms with van der Waals surface area (Å²) in [5.74, 6) is 0.538. The van der Waals surface area contributed by atoms with Gasteiger partial charge in [0.25, 0.3) is 0 Å². The number of anilines is 1. The van der Waals surface area contributed by atoms with Crippen LogP contribution in [0.2, 0.25) is 0 Å². The van der Waals surface area contributed by atoms with Crippen LogP contribution in [0.4, 0.5) is 10.2 Å². The molecule has 0 amide bonds. The summed E-state index contributed by atoms with van der Waals surface area (Å²) in [6.45, 7) is 3.23. The average Bonchev–Trinajstić information content (AvgIpc) is 3.11. The van der Waals surface area contributed by atoms with Gasteiger partial charge in [-0.05, 0) is 54.3 Å². The number of aliphatic imine (C=N–C) groups is 1. The second-order valence-electron chi connectivity index (χ2n) is 8.59. The summed E-state index contributed by atoms with van der Waals surface area (Å²) < 4.78 is 13.5. The minimum Gasteiger partial charge on any atom is -0.338 e. The van der Waals surface area contributed by atoms with E-state index in [2.05, 4.69) is 38.6 Å². The van der Waals surface area contributed by atoms with Gasteiger partial charge in [0.05, 0.1) is 23.8 Å². The lowest BCUT2D eigenvalue weighted by molar-refractivity contribution is 0.628. The smallest absolute Gasteiger partial charge is 0.134 e. The van der Waals surface area contributed by atoms with E-state index in [4.69, 9.17) is 9.98 Å². The van der Waals surface area contributed by atoms with E-state index < -0.39 is 0 Å². The maximum Gasteiger partial charge on any atom is 0.134 e. The van der Waals surface area contributed by atoms with Gasteiger partial charge < -0.3 is 5.32 Å². The predicted octanol–water partition coefficient (Wildman–Crippen LogP) is 4.53. The number of hydrogen-bond donors (Lipinski definition) is 2. The molecule has 5 heterocycles. The molecular formula is C27H22FN7. The standard InChI is InChI=1S/C27H22FN7/c1-16-8-22-21(17-2-4-20(28)5-3-17)6-7-32-27(22)35-25(16)26-23-9-18(19-10-29-14-30-11-19)12-33-24(23)13-31-15-34-26/h2-7,9-12,14,31H,8,13,15H2,1H3,(H,32,35). The molecule has 0 saturated carbocycles. The Bertz CT molecular complexity index is 1480. The molecule has 1 aromatic carbocycles. The number of halogens is 1. The van der Waals surface area contributed by atoms with Crippen LogP contribution in [0.25, 0.3) is 22.3 Å². The molecule has 0 unspecified atom stereocenters. The van der Waals surface area contributed by atoms with Crippen LogP contribution in [0.15, 0.2) is 83.8 Å². The van der Waals surface area contributed by atoms with Crippen LogP contribution in [0.5, 0.6) is 0 Å². The van der Waals surface area contributed by atoms with E-state index in [9.17, 15) is 4.39 Å². The third kappa shape index (κ3) is 3.98. The van der Waals surface area contributed by atoms with Crippen LogP contribution >= 0.6 is 0 Å². The van der Waals surface area contributed by atoms with E-state index in [0.29, 0.717) is 19.6 Å². The summed E-state index contributed by atoms with van der Waals surface area (Å²) in [4.78, 5) is 22.5. The number of aromatic nitrogens is 4. The van der Waals surface area contributed by atoms with Crippen molar-refractivity contribution < 1.29 is 4.39 Å². The van der Waals surface area contributed by atoms with Crippen molar-refractivity contribution in [2.24, 2.45) is 4.99 Å². The minimum atomic E-state index is -0.248. The second kappa shape index (κ2) is 8.81. The first-order valence-electron chi connectivity index (χ1n) is 11.4. The second-order valence-corrected chi connectivity index (χ2v) is 8.59. The predicted molar refractivity (Wildman–Crippen MR) is 133 cm³/mol. The largest absolute Gasteiger partial charge is 0.338 e. The Morgan fingerprint density at radius 1 is 0.886 bits per heavy atom. The lowest BCUT2D eigenvalue weighted by Crippen LogP contribution is -2.22. The van der Waals surface area contributed by atoms with Gasteiger partial charge in [0.1, 0.15) is 18.0 Å². The molecule has 8 heteroatoms. The first kappa shape index (κ1) is 21.2. The maximum absolute atomic E-state index is 13.5. The number of rotatable bonds is 3. The molecular weight excluding hydrogens is 441 g/mol. The lowest BCUT2D eigenvalue weighted by Gasteiger charge is -2.25. The highest BCUT2D eigenvalue weighted by Gasteiger charge is 2.26. The van der Waals surface area contributed by atoms with Gasteiger partial charge in [-0.25, -0.2) is 19.3 Å². The van der Waals surface area contributed by atoms with Gasteiger partial charge in [-0.2, -0.15) is 0 Å². The Labute approximate surface area is 201 Å². The van der Waals surface area contributed by atoms with Crippen LogP contribution in [-0.4, -0.2) is 32.3 Å². The van der Waals surface area contributed by atoms with Crippen molar-refractivity contribution >= 4 is 11.5 Å². The van der Waals surface area contributed by atoms with E-state index >= 15 is 0 Å². The first-order chi connectivity index (χ1) is 17.2. The summed E-state index contributed by atoms with van der Waals surface area (Å²) in [6, 6.07) is 10.7. The van der Waals surface area contributed by atoms with Crippen LogP contribution < -0.4 is 10.6 Å². The van der Waals surface area contributed by atoms with E-state index in [-0.39, 0.29) is 5.82 Å². The third-order valence-corrected chi connectivity index (χ3v) is 6.32. The molecule has 6 rings (SSSR count). The van der Waals surface area contributed by atoms with Gasteiger partial charge in [0.2, 0.25) is 0 Å². The summed E-state index contributed by atoms with van der Waals surface area (Å²) in [6.07, 6.45) is 9.42. The molecule has 7 nitrogen and oxygen atoms in total. The number of fused-ring (bicyclic) bond motifs is 2. The highest BCUT2D eigenvalue weighted by molar-refractivity contribution is 6.16. The molecule has 0 saturated heterocycles. The fourth-order valence-corrected chi connectivity index (χ4v) is 4.57. The van der Waals surface area contributed by atoms with Crippen molar-refractivity contribution in [3.63, 3.8) is 0 Å². The monoisotopic (exact) mass is 463 g/mol. The number of benzene rings is 1. The fourth-order valence-electron chi connectivity index (χ4n) is 4.57. The summed E-state index contributed by atoms with van der Waals surface area (Å²) in [5, 5.41) is 6.88. The Kier molecular flexibility index (Phi) is 5.35. The highest BCUT2D eigenvalue weighted by Crippen LogP contribution is 2.36. The van der Waals surface area contributed by atoms with Crippen molar-refractivity contribution in [3.05, 3.63) is 101 Å². The highest BCUT2D eigenvalue weighted by atomic mass is 19.1. The van der Waals surface area contributed by atoms with Crippen LogP contribution in [0, 0.1) is 5.82 Å². The van der Waals surface area contributed by atoms with Gasteiger partial charge in [0.15, 0.2) is 0 Å². The molecule has 0 radical (unpaired) electrons. The number of pyridine rings is 2. The molecule has 4 aromatic rings. The van der Waals surface area contributed by atoms with Crippen molar-refractivity contribution in [2.45, 2.75) is 19.9 Å². The van der Waals surface area contributed by atoms with Crippen molar-refractivity contribution in [1.29, 1.82) is 0 Å². The van der Waals surface area contributed by atoms with Gasteiger partial charge in [-0.3, -0.25) is 15.3 Å². The molecule has 0 bridgehead atoms. The van der Waals surface area contributed by atoms with Crippen LogP contribution in [0.1, 0.15) is 23.7 Å². The number of nitrogens with one attached hydrogen (secondary N) is 2. The number of allylic oxidation sites excluding steroid dienone is 2. The molecule has 0 spiro atoms. The van der Waals surface area contributed by atoms with Crippen molar-refractivity contribution in [1.82, 2.24) is 25.3 Å². The zero-order chi connectivity index (χ0) is 23.8. The topological polar surface area (TPSA) is 88.0 Å². The molecule has 0 atom stereocenters. The molecule has 0 fully saturated rings. The molecule has 0 aliphatic carbocycles. The van der Waals surface area contributed by atoms with Crippen molar-refractivity contribution in [2.75, 3.05) is 12.0 Å². The average molecular weight is 464 g/mol. The Morgan fingerprint density at radius 3 is 2.54 bits per heavy atom. The fraction of sp³-hybridized carbons (Fsp3) is 0.148. The van der Waals surface area contributed by atoms with E-state index in [0.717, 1.165) is 61.9 Å². The summed E-state index contributed by atoms with van der Waals surface area (Å²) in [7, 11) is 0. The number of nitrogens with zero attached hydrogens (tertiary/aromatic N) is 5. The van der Waals surface area contributed by atoms with Crippen molar-refractivity contribution in [3.8, 4) is 22.3 Å². The van der Waals surface area contributed by atoms with Gasteiger partial charge >= 0.3 is 0 Å². The first-order valence-corrected chi connectivity index (χ1v) is 11.4. The Morgan fingerprint density at radius 2 is 1.71 bits per heavy atom. The van der Waals surface area contributed by atoms with Crippen LogP contribution in [-0.2, 0) is 13.0 Å². The number of hydrogen-bond acceptors (Lipinski definition) is 7. The van der Waals surface area contributed by atoms with E-state index in [1.54, 1.807) is 30.7 Å². The molecule has 2 N–H and O–H groups in total. The molecule has 172 valence electrons. The van der Waals surface area contributed by atoms with Gasteiger partial charge in [-0.15, -0.1) is 0 Å². The SMILES string of the molecule is CC1=C(C2=NCNCc3ncc(-c4cncnc4)cc32)Nc2nccc(-c3ccc(F)cc3)c2C1. The molecule has 2 aliphatic rings. The van der Waals surface area contributed by atoms with E-state index in [1.165, 1.54) is 18.5 Å². The van der Waals surface area contributed by atoms with Gasteiger partial charge in [0, 0.05) is 53.6 Å². The zero-order valence-corrected chi connectivity index (χ0v) is 19.1. The Hall–Kier alpha value is -4.30. The zero-order valence-electron chi connectivity index (χ0n) is 19.1. The van der Waals surface area contributed by atoms with Crippen LogP contribution in [0.3, 0.4) is 0 Å². The summed E-state index contributed by atoms with van der Waals surface area (Å²) in [5.41, 5.74) is 9.77. The minimum absolute atomic E-state index is 0.248. The third-order valence-electron chi connectivity index (χ3n) is 6.32. The molecule has 3 aromatic heterocycles.